The molecule has 0 spiro atoms. The summed E-state index contributed by atoms with van der Waals surface area (Å²) in [5, 5.41) is 7.67. The van der Waals surface area contributed by atoms with E-state index in [9.17, 15) is 51.5 Å². The number of urea groups is 1. The second kappa shape index (κ2) is 64.0. The molecule has 6 aromatic heterocycles. The number of unbranched alkanes of at least 4 members (excludes halogenated alkanes) is 3. The second-order valence-electron chi connectivity index (χ2n) is 35.7. The van der Waals surface area contributed by atoms with Gasteiger partial charge in [0, 0.05) is 116 Å². The number of pyridine rings is 5. The van der Waals surface area contributed by atoms with Gasteiger partial charge in [-0.1, -0.05) is 127 Å². The quantitative estimate of drug-likeness (QED) is 0.00845. The van der Waals surface area contributed by atoms with Crippen LogP contribution in [0.2, 0.25) is 43.6 Å². The maximum absolute atomic E-state index is 12.6. The van der Waals surface area contributed by atoms with Gasteiger partial charge in [0.25, 0.3) is 10.5 Å². The Morgan fingerprint density at radius 1 is 0.595 bits per heavy atom. The van der Waals surface area contributed by atoms with E-state index in [1.54, 1.807) is 54.6 Å². The molecule has 1 radical (unpaired) electrons. The van der Waals surface area contributed by atoms with Gasteiger partial charge in [-0.25, -0.2) is 34.5 Å². The number of hydrogen-bond donors (Lipinski definition) is 4. The third-order valence-corrected chi connectivity index (χ3v) is 42.8. The Morgan fingerprint density at radius 3 is 1.41 bits per heavy atom. The van der Waals surface area contributed by atoms with Crippen LogP contribution in [-0.4, -0.2) is 311 Å². The summed E-state index contributed by atoms with van der Waals surface area (Å²) in [5.74, 6) is 2.99. The molecule has 3 N–H and O–H groups in total. The van der Waals surface area contributed by atoms with Crippen molar-refractivity contribution >= 4 is 241 Å². The Bertz CT molecular complexity index is 5500. The Labute approximate surface area is 921 Å². The van der Waals surface area contributed by atoms with Crippen LogP contribution in [-0.2, 0) is 52.1 Å². The molecule has 34 nitrogen and oxygen atoms in total. The number of carbonyl (C=O) groups is 7. The van der Waals surface area contributed by atoms with Crippen molar-refractivity contribution in [3.63, 3.8) is 0 Å². The molecule has 9 aliphatic heterocycles. The maximum atomic E-state index is 12.6. The number of anilines is 6. The van der Waals surface area contributed by atoms with E-state index in [1.807, 2.05) is 64.6 Å². The van der Waals surface area contributed by atoms with Crippen molar-refractivity contribution in [1.29, 1.82) is 0 Å². The summed E-state index contributed by atoms with van der Waals surface area (Å²) in [5.41, 5.74) is 3.15. The van der Waals surface area contributed by atoms with Gasteiger partial charge >= 0.3 is 169 Å². The number of aromatic amines is 1. The number of amides is 6. The van der Waals surface area contributed by atoms with Crippen molar-refractivity contribution in [2.75, 3.05) is 211 Å². The summed E-state index contributed by atoms with van der Waals surface area (Å²) in [6, 6.07) is 22.1. The number of ketones is 2. The number of hydrogen-bond acceptors (Lipinski definition) is 32. The van der Waals surface area contributed by atoms with E-state index in [4.69, 9.17) is 116 Å². The molecule has 50 heteroatoms. The van der Waals surface area contributed by atoms with E-state index >= 15 is 0 Å². The van der Waals surface area contributed by atoms with Gasteiger partial charge in [0.05, 0.1) is 113 Å². The number of carbonyl (C=O) groups excluding carboxylic acids is 7. The molecule has 9 fully saturated rings. The molecule has 15 heterocycles. The minimum absolute atomic E-state index is 0.0676. The number of thioether (sulfide) groups is 2. The van der Waals surface area contributed by atoms with Gasteiger partial charge < -0.3 is 76.9 Å². The van der Waals surface area contributed by atoms with E-state index in [-0.39, 0.29) is 52.7 Å². The number of ether oxygens (including phenoxy) is 7. The first-order valence-electron chi connectivity index (χ1n) is 48.8. The molecule has 9 saturated heterocycles. The molecule has 16 rings (SSSR count). The van der Waals surface area contributed by atoms with Crippen LogP contribution in [0.1, 0.15) is 146 Å². The topological polar surface area (TPSA) is 372 Å². The summed E-state index contributed by atoms with van der Waals surface area (Å²) in [6.45, 7) is 45.0. The number of likely N-dealkylation sites (tertiary alicyclic amines) is 1. The number of alkyl halides is 4. The number of halogens is 10. The van der Waals surface area contributed by atoms with Crippen molar-refractivity contribution in [1.82, 2.24) is 45.0 Å². The summed E-state index contributed by atoms with van der Waals surface area (Å²) in [4.78, 5) is 128. The molecule has 0 bridgehead atoms. The Hall–Kier alpha value is -7.54. The second-order valence-corrected chi connectivity index (χ2v) is 54.1. The number of rotatable bonds is 29. The van der Waals surface area contributed by atoms with Gasteiger partial charge in [-0.15, -0.1) is 0 Å². The number of Topliss-reactive ketones (excluding diaryl/α,β-unsaturated/α-hetero) is 2. The molecule has 0 aliphatic carbocycles. The Kier molecular flexibility index (Phi) is 54.3. The summed E-state index contributed by atoms with van der Waals surface area (Å²) in [7, 11) is 3.78. The van der Waals surface area contributed by atoms with Crippen molar-refractivity contribution < 1.29 is 93.6 Å². The first-order valence-corrected chi connectivity index (χ1v) is 62.0. The summed E-state index contributed by atoms with van der Waals surface area (Å²) in [6.07, 6.45) is 4.88. The molecule has 1 atom stereocenters. The van der Waals surface area contributed by atoms with E-state index in [2.05, 4.69) is 142 Å². The number of aryl methyl sites for hydroxylation is 1. The molecular weight excluding hydrogens is 2280 g/mol. The SMILES string of the molecule is C=C(OCC)c1cc(Cl)cc(N2CCOCC2)n1.C=[C](OCC)[Sn]([CH2]CCC)([CH2]CCC)[CH2]CCC.Cc1ccc(NC(=O)N2CC[C@@H](CC(F)(F)F)C2)cc1B1OC(C)(C)C(C)(C)O1.Clc1cc(Cl)nc(N2CCOCC2)c1.O=C(CBr)c1cc(Cl)cc(N2CCOCC2)n1.O=C(CN1C(=O)CSC1=O)c1cc(Cl)cc(N2CCOCC2)n1.O=C1CSC(=O)N1.O=c1[nH]cc(-c2cc(Cl)cc(N3CCOCC3)n2)o1.[B]=NS. The van der Waals surface area contributed by atoms with E-state index in [1.165, 1.54) is 72.8 Å². The van der Waals surface area contributed by atoms with Gasteiger partial charge in [-0.05, 0) is 132 Å². The van der Waals surface area contributed by atoms with Crippen LogP contribution in [0.4, 0.5) is 62.3 Å². The molecule has 9 aliphatic rings. The number of H-pyrrole nitrogens is 1. The number of aromatic nitrogens is 6. The average Bonchev–Trinajstić information content (AvgIpc) is 1.61. The van der Waals surface area contributed by atoms with Crippen LogP contribution in [0.3, 0.4) is 0 Å². The molecule has 7 aromatic rings. The number of imide groups is 2. The van der Waals surface area contributed by atoms with Crippen molar-refractivity contribution in [3.05, 3.63) is 165 Å². The number of nitrogens with one attached hydrogen (secondary N) is 3. The molecule has 6 amide bonds. The predicted octanol–water partition coefficient (Wildman–Crippen LogP) is 20.1. The minimum atomic E-state index is -4.20. The summed E-state index contributed by atoms with van der Waals surface area (Å²) >= 11 is 42.0. The van der Waals surface area contributed by atoms with Crippen LogP contribution in [0.25, 0.3) is 17.2 Å². The van der Waals surface area contributed by atoms with Crippen molar-refractivity contribution in [3.8, 4) is 11.5 Å². The predicted molar refractivity (Wildman–Crippen MR) is 593 cm³/mol. The number of benzene rings is 1. The van der Waals surface area contributed by atoms with Crippen molar-refractivity contribution in [2.45, 2.75) is 151 Å². The molecular formula is C98H131B2BrCl6F3N16O18S3Sn. The van der Waals surface area contributed by atoms with Crippen molar-refractivity contribution in [2.24, 2.45) is 10.2 Å². The van der Waals surface area contributed by atoms with Gasteiger partial charge in [0.2, 0.25) is 17.6 Å². The zero-order chi connectivity index (χ0) is 108. The van der Waals surface area contributed by atoms with Crippen LogP contribution in [0.5, 0.6) is 0 Å². The monoisotopic (exact) mass is 2400 g/mol. The fourth-order valence-corrected chi connectivity index (χ4v) is 33.3. The fraction of sp³-hybridized carbons (Fsp3) is 0.541. The van der Waals surface area contributed by atoms with Gasteiger partial charge in [0.15, 0.2) is 11.5 Å². The average molecular weight is 2410 g/mol. The number of nitrogens with zero attached hydrogens (tertiary/aromatic N) is 13. The van der Waals surface area contributed by atoms with E-state index in [0.717, 1.165) is 148 Å². The third-order valence-electron chi connectivity index (χ3n) is 24.4. The number of morpholine rings is 5. The van der Waals surface area contributed by atoms with E-state index in [0.29, 0.717) is 148 Å². The van der Waals surface area contributed by atoms with Gasteiger partial charge in [-0.2, -0.15) is 13.2 Å². The van der Waals surface area contributed by atoms with Crippen LogP contribution in [0.15, 0.2) is 116 Å². The first kappa shape index (κ1) is 126. The fourth-order valence-electron chi connectivity index (χ4n) is 15.8. The van der Waals surface area contributed by atoms with Gasteiger partial charge in [0.1, 0.15) is 62.8 Å². The number of thiol groups is 1. The normalized spacial score (nSPS) is 17.3. The zero-order valence-electron chi connectivity index (χ0n) is 85.0. The van der Waals surface area contributed by atoms with Crippen LogP contribution < -0.4 is 46.4 Å². The van der Waals surface area contributed by atoms with E-state index < -0.39 is 78.0 Å². The molecule has 0 unspecified atom stereocenters. The summed E-state index contributed by atoms with van der Waals surface area (Å²) < 4.78 is 101. The molecule has 1 aromatic carbocycles. The zero-order valence-corrected chi connectivity index (χ0v) is 96.5. The van der Waals surface area contributed by atoms with Gasteiger partial charge in [-0.3, -0.25) is 44.0 Å². The Balaban J connectivity index is 0.000000209. The van der Waals surface area contributed by atoms with Crippen LogP contribution in [0, 0.1) is 12.8 Å². The third kappa shape index (κ3) is 41.7. The molecule has 0 saturated carbocycles. The first-order chi connectivity index (χ1) is 70.6. The Morgan fingerprint density at radius 2 is 1.02 bits per heavy atom. The molecule has 809 valence electrons. The number of oxazole rings is 1. The van der Waals surface area contributed by atoms with Crippen LogP contribution >= 0.6 is 122 Å². The standard InChI is InChI=1S/C20H28BF3N2O3.C14H14ClN3O4S.C13H17ClN2O2.C12H12ClN3O3.C11H12BrClN2O2.C9H10Cl2N2O.C4H7O.3C4H9.C3H3NO2S.BHNS.Sn/c1-13-6-7-15(10-16(13)21-28-18(2,3)19(4,5)29-21)25-17(27)26-9-8-14(12-26)11-20(22,23)24;15-9-5-10(11(19)7-18-13(20)8-23-14(18)21)16-12(6-9)17-1-3-22-4-2-17;1-3-18-10(2)12-8-11(14)9-13(15-12)16-4-6-17-7-5-16;13-8-5-9(10-7-14-12(17)19-10)15-11(6-8)16-1-3-18-4-2-16;12-7-10(16)9-5-8(13)6-11(14-9)15-1-3-17-4-2-15;10-7-5-8(11)12-9(6-7)13-1-3-14-4-2-13;1-3-5-4-2;3*1-3-4-2;5-2-1-7-3(6)4-2;1-2-3;/h6-7,10,14H,8-9,11-12H2,1-5H3,(H,25,27);5-6H,1-4,7-8H2;8-9H,2-7H2,1H3;5-7H,1-4H2,(H,14,17);5-6H,1-4,7H2;5-6H,1-4H2;1,4H2,2H3;3*1,3-4H2,2H3;1H2,(H,4,5,6);3H;/t14-;;;;;;;;;;;;/m0............/s1. The molecule has 148 heavy (non-hydrogen) atoms.